The summed E-state index contributed by atoms with van der Waals surface area (Å²) < 4.78 is 0. The van der Waals surface area contributed by atoms with Crippen LogP contribution in [0.5, 0.6) is 0 Å². The molecule has 2 bridgehead atoms. The number of carboxylic acid groups (broad SMARTS) is 1. The second-order valence-corrected chi connectivity index (χ2v) is 6.55. The van der Waals surface area contributed by atoms with E-state index in [9.17, 15) is 19.5 Å². The van der Waals surface area contributed by atoms with Crippen LogP contribution >= 0.6 is 11.8 Å². The molecule has 0 spiro atoms. The van der Waals surface area contributed by atoms with E-state index in [2.05, 4.69) is 5.32 Å². The highest BCUT2D eigenvalue weighted by Gasteiger charge is 2.52. The average molecular weight is 315 g/mol. The van der Waals surface area contributed by atoms with Gasteiger partial charge in [-0.05, 0) is 37.7 Å². The Morgan fingerprint density at radius 3 is 2.67 bits per heavy atom. The smallest absolute Gasteiger partial charge is 0.312 e. The third-order valence-corrected chi connectivity index (χ3v) is 4.98. The number of carboxylic acids is 1. The lowest BCUT2D eigenvalue weighted by molar-refractivity contribution is -0.143. The van der Waals surface area contributed by atoms with E-state index in [-0.39, 0.29) is 18.0 Å². The van der Waals surface area contributed by atoms with Crippen LogP contribution in [-0.2, 0) is 9.59 Å². The third kappa shape index (κ3) is 3.25. The Morgan fingerprint density at radius 1 is 1.43 bits per heavy atom. The topological polar surface area (TPSA) is 113 Å². The molecule has 2 saturated heterocycles. The van der Waals surface area contributed by atoms with E-state index in [1.807, 2.05) is 6.26 Å². The van der Waals surface area contributed by atoms with Gasteiger partial charge in [0, 0.05) is 12.1 Å². The van der Waals surface area contributed by atoms with Crippen molar-refractivity contribution in [1.82, 2.24) is 10.2 Å². The predicted octanol–water partition coefficient (Wildman–Crippen LogP) is 0.241. The van der Waals surface area contributed by atoms with Gasteiger partial charge in [-0.25, -0.2) is 4.79 Å². The Balaban J connectivity index is 2.09. The maximum atomic E-state index is 12.7. The van der Waals surface area contributed by atoms with Crippen LogP contribution in [-0.4, -0.2) is 58.0 Å². The van der Waals surface area contributed by atoms with Crippen molar-refractivity contribution in [3.63, 3.8) is 0 Å². The van der Waals surface area contributed by atoms with Gasteiger partial charge < -0.3 is 21.1 Å². The fraction of sp³-hybridized carbons (Fsp3) is 0.769. The van der Waals surface area contributed by atoms with Gasteiger partial charge in [0.2, 0.25) is 5.91 Å². The van der Waals surface area contributed by atoms with Gasteiger partial charge in [-0.2, -0.15) is 11.8 Å². The highest BCUT2D eigenvalue weighted by atomic mass is 32.2. The zero-order chi connectivity index (χ0) is 15.6. The summed E-state index contributed by atoms with van der Waals surface area (Å²) >= 11 is 1.58. The summed E-state index contributed by atoms with van der Waals surface area (Å²) in [7, 11) is 0. The van der Waals surface area contributed by atoms with E-state index in [1.165, 1.54) is 0 Å². The van der Waals surface area contributed by atoms with Crippen LogP contribution in [0.3, 0.4) is 0 Å². The molecule has 8 heteroatoms. The van der Waals surface area contributed by atoms with Gasteiger partial charge in [0.15, 0.2) is 0 Å². The largest absolute Gasteiger partial charge is 0.481 e. The Hall–Kier alpha value is -1.44. The number of urea groups is 1. The number of aliphatic carboxylic acids is 1. The summed E-state index contributed by atoms with van der Waals surface area (Å²) in [6, 6.07) is -1.65. The van der Waals surface area contributed by atoms with Crippen molar-refractivity contribution in [3.8, 4) is 0 Å². The maximum Gasteiger partial charge on any atom is 0.312 e. The van der Waals surface area contributed by atoms with Gasteiger partial charge in [0.1, 0.15) is 6.04 Å². The SMILES string of the molecule is CSCCC(NC(N)=O)C(=O)N1C2CCC1C(C(=O)O)C2. The molecule has 4 atom stereocenters. The lowest BCUT2D eigenvalue weighted by Gasteiger charge is -2.28. The van der Waals surface area contributed by atoms with Crippen molar-refractivity contribution in [1.29, 1.82) is 0 Å². The van der Waals surface area contributed by atoms with Crippen LogP contribution in [0, 0.1) is 5.92 Å². The first kappa shape index (κ1) is 15.9. The number of carbonyl (C=O) groups is 3. The maximum absolute atomic E-state index is 12.7. The van der Waals surface area contributed by atoms with Gasteiger partial charge in [-0.3, -0.25) is 9.59 Å². The van der Waals surface area contributed by atoms with Crippen LogP contribution in [0.4, 0.5) is 4.79 Å². The Kier molecular flexibility index (Phi) is 4.97. The molecule has 0 aliphatic carbocycles. The van der Waals surface area contributed by atoms with E-state index < -0.39 is 24.0 Å². The number of hydrogen-bond acceptors (Lipinski definition) is 4. The van der Waals surface area contributed by atoms with Crippen molar-refractivity contribution in [3.05, 3.63) is 0 Å². The molecule has 21 heavy (non-hydrogen) atoms. The second-order valence-electron chi connectivity index (χ2n) is 5.57. The van der Waals surface area contributed by atoms with Crippen LogP contribution in [0.25, 0.3) is 0 Å². The van der Waals surface area contributed by atoms with E-state index in [0.29, 0.717) is 12.8 Å². The molecule has 4 N–H and O–H groups in total. The molecular weight excluding hydrogens is 294 g/mol. The van der Waals surface area contributed by atoms with Crippen molar-refractivity contribution in [2.24, 2.45) is 11.7 Å². The minimum Gasteiger partial charge on any atom is -0.481 e. The molecule has 2 aliphatic heterocycles. The summed E-state index contributed by atoms with van der Waals surface area (Å²) in [5.41, 5.74) is 5.14. The number of thioether (sulfide) groups is 1. The lowest BCUT2D eigenvalue weighted by Crippen LogP contribution is -2.52. The first-order valence-electron chi connectivity index (χ1n) is 7.05. The molecule has 3 amide bonds. The highest BCUT2D eigenvalue weighted by Crippen LogP contribution is 2.42. The van der Waals surface area contributed by atoms with Gasteiger partial charge in [-0.1, -0.05) is 0 Å². The minimum absolute atomic E-state index is 0.0185. The Bertz CT molecular complexity index is 445. The zero-order valence-electron chi connectivity index (χ0n) is 11.9. The summed E-state index contributed by atoms with van der Waals surface area (Å²) in [4.78, 5) is 36.7. The molecule has 118 valence electrons. The first-order chi connectivity index (χ1) is 9.95. The Labute approximate surface area is 127 Å². The molecule has 2 heterocycles. The van der Waals surface area contributed by atoms with Crippen LogP contribution < -0.4 is 11.1 Å². The molecule has 0 aromatic carbocycles. The average Bonchev–Trinajstić information content (AvgIpc) is 2.99. The first-order valence-corrected chi connectivity index (χ1v) is 8.45. The zero-order valence-corrected chi connectivity index (χ0v) is 12.8. The monoisotopic (exact) mass is 315 g/mol. The fourth-order valence-corrected chi connectivity index (χ4v) is 3.91. The van der Waals surface area contributed by atoms with Gasteiger partial charge in [0.05, 0.1) is 5.92 Å². The lowest BCUT2D eigenvalue weighted by atomic mass is 9.89. The third-order valence-electron chi connectivity index (χ3n) is 4.33. The molecule has 0 radical (unpaired) electrons. The number of fused-ring (bicyclic) bond motifs is 2. The molecule has 2 aliphatic rings. The molecule has 0 aromatic heterocycles. The van der Waals surface area contributed by atoms with Crippen molar-refractivity contribution >= 4 is 29.7 Å². The molecule has 2 rings (SSSR count). The van der Waals surface area contributed by atoms with Gasteiger partial charge in [-0.15, -0.1) is 0 Å². The van der Waals surface area contributed by atoms with Crippen LogP contribution in [0.2, 0.25) is 0 Å². The van der Waals surface area contributed by atoms with Crippen molar-refractivity contribution < 1.29 is 19.5 Å². The summed E-state index contributed by atoms with van der Waals surface area (Å²) in [6.07, 6.45) is 4.49. The van der Waals surface area contributed by atoms with Gasteiger partial charge >= 0.3 is 12.0 Å². The molecular formula is C13H21N3O4S. The normalized spacial score (nSPS) is 28.4. The van der Waals surface area contributed by atoms with Crippen molar-refractivity contribution in [2.75, 3.05) is 12.0 Å². The number of primary amides is 1. The van der Waals surface area contributed by atoms with E-state index >= 15 is 0 Å². The number of carbonyl (C=O) groups excluding carboxylic acids is 2. The van der Waals surface area contributed by atoms with Crippen molar-refractivity contribution in [2.45, 2.75) is 43.8 Å². The quantitative estimate of drug-likeness (QED) is 0.650. The van der Waals surface area contributed by atoms with E-state index in [0.717, 1.165) is 18.6 Å². The Morgan fingerprint density at radius 2 is 2.14 bits per heavy atom. The molecule has 2 fully saturated rings. The molecule has 0 aromatic rings. The fourth-order valence-electron chi connectivity index (χ4n) is 3.44. The summed E-state index contributed by atoms with van der Waals surface area (Å²) in [5.74, 6) is -0.799. The minimum atomic E-state index is -0.844. The van der Waals surface area contributed by atoms with E-state index in [4.69, 9.17) is 5.73 Å². The summed E-state index contributed by atoms with van der Waals surface area (Å²) in [6.45, 7) is 0. The number of nitrogens with zero attached hydrogens (tertiary/aromatic N) is 1. The van der Waals surface area contributed by atoms with Crippen LogP contribution in [0.1, 0.15) is 25.7 Å². The predicted molar refractivity (Wildman–Crippen MR) is 78.9 cm³/mol. The standard InChI is InChI=1S/C13H21N3O4S/c1-21-5-4-9(15-13(14)20)11(17)16-7-2-3-10(16)8(6-7)12(18)19/h7-10H,2-6H2,1H3,(H,18,19)(H3,14,15,20). The second kappa shape index (κ2) is 6.55. The number of rotatable bonds is 6. The van der Waals surface area contributed by atoms with Crippen LogP contribution in [0.15, 0.2) is 0 Å². The highest BCUT2D eigenvalue weighted by molar-refractivity contribution is 7.98. The van der Waals surface area contributed by atoms with E-state index in [1.54, 1.807) is 16.7 Å². The number of nitrogens with two attached hydrogens (primary N) is 1. The molecule has 0 saturated carbocycles. The molecule has 7 nitrogen and oxygen atoms in total. The number of hydrogen-bond donors (Lipinski definition) is 3. The number of nitrogens with one attached hydrogen (secondary N) is 1. The van der Waals surface area contributed by atoms with Gasteiger partial charge in [0.25, 0.3) is 0 Å². The molecule has 4 unspecified atom stereocenters. The number of amides is 3. The summed E-state index contributed by atoms with van der Waals surface area (Å²) in [5, 5.41) is 11.7.